The molecule has 4 rings (SSSR count). The maximum absolute atomic E-state index is 14.5. The number of halogens is 1. The van der Waals surface area contributed by atoms with Crippen molar-refractivity contribution in [3.8, 4) is 0 Å². The number of pyridine rings is 1. The summed E-state index contributed by atoms with van der Waals surface area (Å²) >= 11 is 0. The fraction of sp³-hybridized carbons (Fsp3) is 0.391. The third kappa shape index (κ3) is 5.64. The number of hydrogen-bond donors (Lipinski definition) is 3. The summed E-state index contributed by atoms with van der Waals surface area (Å²) in [7, 11) is 0. The number of nitrogens with zero attached hydrogens (tertiary/aromatic N) is 3. The molecule has 2 aliphatic rings. The van der Waals surface area contributed by atoms with Crippen molar-refractivity contribution in [2.24, 2.45) is 0 Å². The molecule has 3 N–H and O–H groups in total. The summed E-state index contributed by atoms with van der Waals surface area (Å²) < 4.78 is 14.5. The van der Waals surface area contributed by atoms with Crippen LogP contribution in [0, 0.1) is 5.82 Å². The predicted molar refractivity (Wildman–Crippen MR) is 119 cm³/mol. The van der Waals surface area contributed by atoms with E-state index in [2.05, 4.69) is 20.5 Å². The SMILES string of the molecule is O=C(Nc1ccc(C(=O)N2CCN(Cc3cc(C(=O)O)ccn3)CC2)cc1F)NC1CCC1. The van der Waals surface area contributed by atoms with Crippen molar-refractivity contribution >= 4 is 23.6 Å². The highest BCUT2D eigenvalue weighted by Gasteiger charge is 2.24. The van der Waals surface area contributed by atoms with Gasteiger partial charge in [-0.25, -0.2) is 14.0 Å². The van der Waals surface area contributed by atoms with Gasteiger partial charge in [-0.2, -0.15) is 0 Å². The average molecular weight is 455 g/mol. The lowest BCUT2D eigenvalue weighted by atomic mass is 9.93. The van der Waals surface area contributed by atoms with Crippen LogP contribution in [0.5, 0.6) is 0 Å². The van der Waals surface area contributed by atoms with Gasteiger partial charge in [-0.3, -0.25) is 14.7 Å². The van der Waals surface area contributed by atoms with Crippen LogP contribution in [0.1, 0.15) is 45.7 Å². The number of piperazine rings is 1. The first-order chi connectivity index (χ1) is 15.9. The summed E-state index contributed by atoms with van der Waals surface area (Å²) in [6, 6.07) is 6.75. The maximum atomic E-state index is 14.5. The molecule has 33 heavy (non-hydrogen) atoms. The van der Waals surface area contributed by atoms with Crippen LogP contribution < -0.4 is 10.6 Å². The fourth-order valence-corrected chi connectivity index (χ4v) is 3.86. The minimum atomic E-state index is -0.999. The van der Waals surface area contributed by atoms with E-state index in [1.165, 1.54) is 24.4 Å². The number of carbonyl (C=O) groups is 3. The summed E-state index contributed by atoms with van der Waals surface area (Å²) in [5.74, 6) is -1.93. The Bertz CT molecular complexity index is 1050. The van der Waals surface area contributed by atoms with Crippen LogP contribution in [-0.4, -0.2) is 70.0 Å². The van der Waals surface area contributed by atoms with E-state index in [0.717, 1.165) is 25.3 Å². The topological polar surface area (TPSA) is 115 Å². The molecule has 3 amide bonds. The van der Waals surface area contributed by atoms with Crippen LogP contribution in [0.15, 0.2) is 36.5 Å². The average Bonchev–Trinajstić information content (AvgIpc) is 2.78. The quantitative estimate of drug-likeness (QED) is 0.617. The highest BCUT2D eigenvalue weighted by molar-refractivity contribution is 5.96. The van der Waals surface area contributed by atoms with Crippen LogP contribution in [0.2, 0.25) is 0 Å². The lowest BCUT2D eigenvalue weighted by Gasteiger charge is -2.34. The predicted octanol–water partition coefficient (Wildman–Crippen LogP) is 2.55. The van der Waals surface area contributed by atoms with Gasteiger partial charge < -0.3 is 20.6 Å². The Morgan fingerprint density at radius 1 is 1.06 bits per heavy atom. The van der Waals surface area contributed by atoms with E-state index >= 15 is 0 Å². The number of amides is 3. The van der Waals surface area contributed by atoms with Gasteiger partial charge in [0.1, 0.15) is 5.82 Å². The number of rotatable bonds is 6. The number of hydrogen-bond acceptors (Lipinski definition) is 5. The van der Waals surface area contributed by atoms with Gasteiger partial charge in [-0.05, 0) is 49.6 Å². The number of carbonyl (C=O) groups excluding carboxylic acids is 2. The second-order valence-electron chi connectivity index (χ2n) is 8.33. The van der Waals surface area contributed by atoms with Crippen molar-refractivity contribution in [3.63, 3.8) is 0 Å². The Kier molecular flexibility index (Phi) is 6.83. The smallest absolute Gasteiger partial charge is 0.335 e. The number of aromatic carboxylic acids is 1. The van der Waals surface area contributed by atoms with Gasteiger partial charge in [-0.1, -0.05) is 0 Å². The number of carboxylic acids is 1. The van der Waals surface area contributed by atoms with Gasteiger partial charge in [0.2, 0.25) is 0 Å². The van der Waals surface area contributed by atoms with Gasteiger partial charge in [-0.15, -0.1) is 0 Å². The zero-order valence-electron chi connectivity index (χ0n) is 18.1. The minimum Gasteiger partial charge on any atom is -0.478 e. The minimum absolute atomic E-state index is 0.0317. The fourth-order valence-electron chi connectivity index (χ4n) is 3.86. The number of anilines is 1. The molecule has 0 bridgehead atoms. The molecular formula is C23H26FN5O4. The molecule has 2 heterocycles. The standard InChI is InChI=1S/C23H26FN5O4/c24-19-13-15(4-5-20(19)27-23(33)26-17-2-1-3-17)21(30)29-10-8-28(9-11-29)14-18-12-16(22(31)32)6-7-25-18/h4-7,12-13,17H,1-3,8-11,14H2,(H,31,32)(H2,26,27,33). The molecule has 1 saturated carbocycles. The molecule has 174 valence electrons. The number of urea groups is 1. The van der Waals surface area contributed by atoms with Crippen LogP contribution in [0.3, 0.4) is 0 Å². The van der Waals surface area contributed by atoms with Gasteiger partial charge >= 0.3 is 12.0 Å². The van der Waals surface area contributed by atoms with Gasteiger partial charge in [0, 0.05) is 50.5 Å². The lowest BCUT2D eigenvalue weighted by Crippen LogP contribution is -2.48. The molecule has 1 aromatic heterocycles. The second-order valence-corrected chi connectivity index (χ2v) is 8.33. The van der Waals surface area contributed by atoms with Gasteiger partial charge in [0.15, 0.2) is 0 Å². The van der Waals surface area contributed by atoms with Crippen LogP contribution >= 0.6 is 0 Å². The number of benzene rings is 1. The van der Waals surface area contributed by atoms with E-state index in [4.69, 9.17) is 5.11 Å². The third-order valence-electron chi connectivity index (χ3n) is 6.01. The highest BCUT2D eigenvalue weighted by Crippen LogP contribution is 2.20. The van der Waals surface area contributed by atoms with E-state index in [9.17, 15) is 18.8 Å². The number of carboxylic acid groups (broad SMARTS) is 1. The van der Waals surface area contributed by atoms with Crippen LogP contribution in [0.25, 0.3) is 0 Å². The Morgan fingerprint density at radius 2 is 1.82 bits per heavy atom. The van der Waals surface area contributed by atoms with E-state index in [0.29, 0.717) is 38.4 Å². The summed E-state index contributed by atoms with van der Waals surface area (Å²) in [5, 5.41) is 14.4. The summed E-state index contributed by atoms with van der Waals surface area (Å²) in [5.41, 5.74) is 1.10. The van der Waals surface area contributed by atoms with E-state index in [1.807, 2.05) is 0 Å². The Hall–Kier alpha value is -3.53. The normalized spacial score (nSPS) is 16.7. The van der Waals surface area contributed by atoms with Crippen molar-refractivity contribution in [2.75, 3.05) is 31.5 Å². The molecule has 1 aliphatic heterocycles. The molecule has 0 radical (unpaired) electrons. The van der Waals surface area contributed by atoms with Crippen molar-refractivity contribution < 1.29 is 23.9 Å². The first-order valence-corrected chi connectivity index (χ1v) is 11.0. The molecule has 1 aromatic carbocycles. The number of nitrogens with one attached hydrogen (secondary N) is 2. The summed E-state index contributed by atoms with van der Waals surface area (Å²) in [6.07, 6.45) is 4.42. The largest absolute Gasteiger partial charge is 0.478 e. The van der Waals surface area contributed by atoms with Crippen LogP contribution in [-0.2, 0) is 6.54 Å². The third-order valence-corrected chi connectivity index (χ3v) is 6.01. The number of aromatic nitrogens is 1. The molecule has 1 aliphatic carbocycles. The first-order valence-electron chi connectivity index (χ1n) is 11.0. The van der Waals surface area contributed by atoms with Gasteiger partial charge in [0.25, 0.3) is 5.91 Å². The van der Waals surface area contributed by atoms with Crippen molar-refractivity contribution in [1.82, 2.24) is 20.1 Å². The molecule has 0 atom stereocenters. The Labute approximate surface area is 190 Å². The molecular weight excluding hydrogens is 429 g/mol. The molecule has 2 aromatic rings. The molecule has 0 spiro atoms. The maximum Gasteiger partial charge on any atom is 0.335 e. The lowest BCUT2D eigenvalue weighted by molar-refractivity contribution is 0.0624. The van der Waals surface area contributed by atoms with E-state index in [1.54, 1.807) is 11.0 Å². The van der Waals surface area contributed by atoms with Crippen molar-refractivity contribution in [2.45, 2.75) is 31.8 Å². The second kappa shape index (κ2) is 9.95. The monoisotopic (exact) mass is 455 g/mol. The van der Waals surface area contributed by atoms with Gasteiger partial charge in [0.05, 0.1) is 16.9 Å². The zero-order valence-corrected chi connectivity index (χ0v) is 18.1. The summed E-state index contributed by atoms with van der Waals surface area (Å²) in [4.78, 5) is 43.9. The molecule has 0 unspecified atom stereocenters. The summed E-state index contributed by atoms with van der Waals surface area (Å²) in [6.45, 7) is 2.59. The van der Waals surface area contributed by atoms with E-state index in [-0.39, 0.29) is 28.8 Å². The molecule has 1 saturated heterocycles. The Balaban J connectivity index is 1.30. The van der Waals surface area contributed by atoms with Crippen LogP contribution in [0.4, 0.5) is 14.9 Å². The van der Waals surface area contributed by atoms with E-state index < -0.39 is 17.8 Å². The highest BCUT2D eigenvalue weighted by atomic mass is 19.1. The molecule has 10 heteroatoms. The Morgan fingerprint density at radius 3 is 2.45 bits per heavy atom. The van der Waals surface area contributed by atoms with Crippen molar-refractivity contribution in [3.05, 3.63) is 59.2 Å². The molecule has 2 fully saturated rings. The van der Waals surface area contributed by atoms with Crippen molar-refractivity contribution in [1.29, 1.82) is 0 Å². The molecule has 9 nitrogen and oxygen atoms in total. The first kappa shape index (κ1) is 22.7. The zero-order chi connectivity index (χ0) is 23.4.